The summed E-state index contributed by atoms with van der Waals surface area (Å²) in [6.45, 7) is 4.57. The van der Waals surface area contributed by atoms with Crippen LogP contribution in [0.5, 0.6) is 0 Å². The molecule has 23 heavy (non-hydrogen) atoms. The Labute approximate surface area is 147 Å². The molecule has 0 heterocycles. The molecule has 0 spiro atoms. The van der Waals surface area contributed by atoms with E-state index in [2.05, 4.69) is 15.9 Å². The van der Waals surface area contributed by atoms with Crippen molar-refractivity contribution < 1.29 is 23.3 Å². The Balaban J connectivity index is 2.74. The van der Waals surface area contributed by atoms with E-state index in [1.54, 1.807) is 12.1 Å². The zero-order valence-electron chi connectivity index (χ0n) is 13.4. The fourth-order valence-electron chi connectivity index (χ4n) is 2.03. The van der Waals surface area contributed by atoms with Crippen LogP contribution in [0.25, 0.3) is 0 Å². The van der Waals surface area contributed by atoms with E-state index < -0.39 is 28.8 Å². The summed E-state index contributed by atoms with van der Waals surface area (Å²) >= 11 is 3.39. The van der Waals surface area contributed by atoms with E-state index in [1.807, 2.05) is 25.1 Å². The number of hydrogen-bond acceptors (Lipinski definition) is 5. The van der Waals surface area contributed by atoms with Crippen molar-refractivity contribution in [2.75, 3.05) is 12.4 Å². The van der Waals surface area contributed by atoms with E-state index in [0.29, 0.717) is 5.75 Å². The average molecular weight is 407 g/mol. The number of benzene rings is 1. The second kappa shape index (κ2) is 9.82. The first kappa shape index (κ1) is 19.8. The highest BCUT2D eigenvalue weighted by Crippen LogP contribution is 2.22. The summed E-state index contributed by atoms with van der Waals surface area (Å²) in [5, 5.41) is 0. The molecular formula is C16H21BrO5S. The van der Waals surface area contributed by atoms with E-state index in [-0.39, 0.29) is 17.4 Å². The molecule has 0 amide bonds. The largest absolute Gasteiger partial charge is 0.465 e. The van der Waals surface area contributed by atoms with Crippen LogP contribution in [0.2, 0.25) is 0 Å². The molecule has 5 nitrogen and oxygen atoms in total. The molecule has 0 aliphatic rings. The van der Waals surface area contributed by atoms with E-state index in [0.717, 1.165) is 4.90 Å². The minimum Gasteiger partial charge on any atom is -0.465 e. The standard InChI is InChI=1S/C16H21BrO5S/c1-11(10-23(20)14-7-5-4-6-8-14)16(22-13(3)19)15(17)9-21-12(2)18/h4-8,11,15-16H,9-10H2,1-3H3/t11-,15-,16-,23+/m1/s1/i20+2. The molecule has 128 valence electrons. The summed E-state index contributed by atoms with van der Waals surface area (Å²) < 4.78 is 22.7. The second-order valence-electron chi connectivity index (χ2n) is 5.20. The lowest BCUT2D eigenvalue weighted by molar-refractivity contribution is -0.150. The molecule has 0 unspecified atom stereocenters. The Morgan fingerprint density at radius 1 is 1.22 bits per heavy atom. The number of hydrogen-bond donors (Lipinski definition) is 0. The van der Waals surface area contributed by atoms with Crippen LogP contribution in [0.15, 0.2) is 35.2 Å². The predicted octanol–water partition coefficient (Wildman–Crippen LogP) is 2.69. The van der Waals surface area contributed by atoms with Gasteiger partial charge in [0, 0.05) is 30.4 Å². The van der Waals surface area contributed by atoms with Gasteiger partial charge in [0.25, 0.3) is 0 Å². The molecule has 7 heteroatoms. The van der Waals surface area contributed by atoms with Crippen molar-refractivity contribution in [1.29, 1.82) is 0 Å². The zero-order valence-corrected chi connectivity index (χ0v) is 15.8. The van der Waals surface area contributed by atoms with Gasteiger partial charge in [-0.3, -0.25) is 13.8 Å². The number of esters is 2. The predicted molar refractivity (Wildman–Crippen MR) is 91.8 cm³/mol. The number of rotatable bonds is 8. The highest BCUT2D eigenvalue weighted by Gasteiger charge is 2.30. The van der Waals surface area contributed by atoms with Crippen molar-refractivity contribution in [1.82, 2.24) is 0 Å². The number of carbonyl (C=O) groups excluding carboxylic acids is 2. The van der Waals surface area contributed by atoms with Crippen molar-refractivity contribution in [2.24, 2.45) is 5.92 Å². The Hall–Kier alpha value is -1.21. The number of halogens is 1. The molecule has 1 rings (SSSR count). The first-order valence-electron chi connectivity index (χ1n) is 7.19. The van der Waals surface area contributed by atoms with Gasteiger partial charge >= 0.3 is 11.9 Å². The summed E-state index contributed by atoms with van der Waals surface area (Å²) in [7, 11) is -1.20. The minimum absolute atomic E-state index is 0.0790. The SMILES string of the molecule is CC(=O)OC[C@@H](Br)[C@H](OC(C)=O)[C@H](C)C[S@](=[18O])c1ccccc1. The van der Waals surface area contributed by atoms with Crippen molar-refractivity contribution >= 4 is 38.7 Å². The minimum atomic E-state index is -1.20. The summed E-state index contributed by atoms with van der Waals surface area (Å²) in [5.74, 6) is -0.680. The average Bonchev–Trinajstić information content (AvgIpc) is 2.50. The van der Waals surface area contributed by atoms with E-state index in [9.17, 15) is 13.8 Å². The lowest BCUT2D eigenvalue weighted by atomic mass is 10.0. The highest BCUT2D eigenvalue weighted by molar-refractivity contribution is 9.09. The number of ether oxygens (including phenoxy) is 2. The molecule has 0 N–H and O–H groups in total. The molecule has 0 bridgehead atoms. The third-order valence-corrected chi connectivity index (χ3v) is 5.50. The molecule has 0 fully saturated rings. The Kier molecular flexibility index (Phi) is 8.47. The van der Waals surface area contributed by atoms with Crippen LogP contribution in [-0.2, 0) is 29.9 Å². The number of alkyl halides is 1. The summed E-state index contributed by atoms with van der Waals surface area (Å²) in [5.41, 5.74) is 0. The monoisotopic (exact) mass is 406 g/mol. The van der Waals surface area contributed by atoms with Crippen molar-refractivity contribution in [2.45, 2.75) is 36.6 Å². The zero-order chi connectivity index (χ0) is 17.4. The molecule has 1 aromatic rings. The van der Waals surface area contributed by atoms with E-state index in [1.165, 1.54) is 13.8 Å². The normalized spacial score (nSPS) is 16.0. The molecule has 0 saturated heterocycles. The van der Waals surface area contributed by atoms with Crippen molar-refractivity contribution in [3.05, 3.63) is 30.3 Å². The lowest BCUT2D eigenvalue weighted by Crippen LogP contribution is -2.38. The summed E-state index contributed by atoms with van der Waals surface area (Å²) in [6, 6.07) is 9.12. The fraction of sp³-hybridized carbons (Fsp3) is 0.500. The third-order valence-electron chi connectivity index (χ3n) is 3.09. The molecule has 0 aliphatic carbocycles. The quantitative estimate of drug-likeness (QED) is 0.377. The summed E-state index contributed by atoms with van der Waals surface area (Å²) in [6.07, 6.45) is -0.542. The van der Waals surface area contributed by atoms with Gasteiger partial charge in [0.2, 0.25) is 0 Å². The Morgan fingerprint density at radius 3 is 2.35 bits per heavy atom. The van der Waals surface area contributed by atoms with Gasteiger partial charge in [-0.25, -0.2) is 0 Å². The second-order valence-corrected chi connectivity index (χ2v) is 7.87. The van der Waals surface area contributed by atoms with Crippen LogP contribution in [-0.4, -0.2) is 39.4 Å². The van der Waals surface area contributed by atoms with Gasteiger partial charge in [0.05, 0.1) is 15.6 Å². The van der Waals surface area contributed by atoms with Crippen LogP contribution < -0.4 is 0 Å². The molecule has 0 radical (unpaired) electrons. The van der Waals surface area contributed by atoms with Gasteiger partial charge in [0.15, 0.2) is 0 Å². The van der Waals surface area contributed by atoms with Crippen molar-refractivity contribution in [3.63, 3.8) is 0 Å². The summed E-state index contributed by atoms with van der Waals surface area (Å²) in [4.78, 5) is 22.6. The molecule has 1 aromatic carbocycles. The lowest BCUT2D eigenvalue weighted by Gasteiger charge is -2.27. The van der Waals surface area contributed by atoms with E-state index in [4.69, 9.17) is 9.47 Å². The smallest absolute Gasteiger partial charge is 0.302 e. The van der Waals surface area contributed by atoms with Gasteiger partial charge in [-0.1, -0.05) is 41.1 Å². The van der Waals surface area contributed by atoms with Gasteiger partial charge < -0.3 is 9.47 Å². The third kappa shape index (κ3) is 7.26. The maximum Gasteiger partial charge on any atom is 0.302 e. The van der Waals surface area contributed by atoms with Gasteiger partial charge in [0.1, 0.15) is 12.7 Å². The maximum atomic E-state index is 12.4. The van der Waals surface area contributed by atoms with Crippen LogP contribution in [0.1, 0.15) is 20.8 Å². The molecule has 4 atom stereocenters. The molecule has 0 aliphatic heterocycles. The Bertz CT molecular complexity index is 549. The highest BCUT2D eigenvalue weighted by atomic mass is 79.9. The number of carbonyl (C=O) groups is 2. The van der Waals surface area contributed by atoms with Crippen LogP contribution in [0.4, 0.5) is 0 Å². The topological polar surface area (TPSA) is 69.7 Å². The van der Waals surface area contributed by atoms with Crippen LogP contribution in [0.3, 0.4) is 0 Å². The van der Waals surface area contributed by atoms with E-state index >= 15 is 0 Å². The van der Waals surface area contributed by atoms with Crippen LogP contribution >= 0.6 is 15.9 Å². The molecule has 0 aromatic heterocycles. The Morgan fingerprint density at radius 2 is 1.83 bits per heavy atom. The first-order chi connectivity index (χ1) is 10.8. The molecule has 0 saturated carbocycles. The first-order valence-corrected chi connectivity index (χ1v) is 9.42. The van der Waals surface area contributed by atoms with Crippen molar-refractivity contribution in [3.8, 4) is 0 Å². The van der Waals surface area contributed by atoms with Crippen LogP contribution in [0, 0.1) is 5.92 Å². The maximum absolute atomic E-state index is 12.4. The van der Waals surface area contributed by atoms with Gasteiger partial charge in [-0.05, 0) is 12.1 Å². The molecular weight excluding hydrogens is 386 g/mol. The fourth-order valence-corrected chi connectivity index (χ4v) is 4.11. The van der Waals surface area contributed by atoms with Gasteiger partial charge in [-0.15, -0.1) is 0 Å². The van der Waals surface area contributed by atoms with Gasteiger partial charge in [-0.2, -0.15) is 0 Å².